The summed E-state index contributed by atoms with van der Waals surface area (Å²) in [6.07, 6.45) is 6.67. The Morgan fingerprint density at radius 3 is 2.39 bits per heavy atom. The van der Waals surface area contributed by atoms with Crippen molar-refractivity contribution in [2.24, 2.45) is 0 Å². The Balaban J connectivity index is 0.000000182. The summed E-state index contributed by atoms with van der Waals surface area (Å²) < 4.78 is 8.91. The van der Waals surface area contributed by atoms with Crippen LogP contribution in [0, 0.1) is 0 Å². The van der Waals surface area contributed by atoms with Crippen LogP contribution >= 0.6 is 45.9 Å². The SMILES string of the molecule is CCOC(=O)c1c(-c2ccncc2)c(-c2ccc(Cl)s2)n2c1CCC2.O=C(O)[C@@H]1CCCN1C(=O)c1ccc(Cl)s1. The number of aliphatic carboxylic acids is 1. The minimum Gasteiger partial charge on any atom is -0.480 e. The van der Waals surface area contributed by atoms with Crippen LogP contribution < -0.4 is 0 Å². The average molecular weight is 633 g/mol. The maximum absolute atomic E-state index is 12.8. The van der Waals surface area contributed by atoms with E-state index in [2.05, 4.69) is 9.55 Å². The molecule has 6 rings (SSSR count). The quantitative estimate of drug-likeness (QED) is 0.227. The molecule has 4 aromatic heterocycles. The summed E-state index contributed by atoms with van der Waals surface area (Å²) in [7, 11) is 0. The Labute approximate surface area is 255 Å². The number of nitrogens with zero attached hydrogens (tertiary/aromatic N) is 3. The van der Waals surface area contributed by atoms with Gasteiger partial charge < -0.3 is 19.3 Å². The van der Waals surface area contributed by atoms with E-state index in [1.807, 2.05) is 31.2 Å². The molecule has 2 aliphatic heterocycles. The van der Waals surface area contributed by atoms with E-state index in [1.165, 1.54) is 27.6 Å². The molecular formula is C29H27Cl2N3O5S2. The molecule has 1 N–H and O–H groups in total. The number of halogens is 2. The third-order valence-corrected chi connectivity index (χ3v) is 9.46. The van der Waals surface area contributed by atoms with Gasteiger partial charge in [-0.1, -0.05) is 23.2 Å². The zero-order chi connectivity index (χ0) is 29.1. The van der Waals surface area contributed by atoms with E-state index >= 15 is 0 Å². The number of hydrogen-bond donors (Lipinski definition) is 1. The Bertz CT molecular complexity index is 1580. The summed E-state index contributed by atoms with van der Waals surface area (Å²) >= 11 is 14.6. The number of likely N-dealkylation sites (tertiary alicyclic amines) is 1. The summed E-state index contributed by atoms with van der Waals surface area (Å²) in [5.74, 6) is -1.43. The van der Waals surface area contributed by atoms with Gasteiger partial charge in [0.1, 0.15) is 6.04 Å². The van der Waals surface area contributed by atoms with Crippen molar-refractivity contribution in [2.75, 3.05) is 13.2 Å². The summed E-state index contributed by atoms with van der Waals surface area (Å²) in [6.45, 7) is 3.60. The van der Waals surface area contributed by atoms with Gasteiger partial charge in [-0.3, -0.25) is 9.78 Å². The fraction of sp³-hybridized carbons (Fsp3) is 0.310. The molecule has 0 saturated carbocycles. The molecule has 1 amide bonds. The Morgan fingerprint density at radius 1 is 1.02 bits per heavy atom. The lowest BCUT2D eigenvalue weighted by Gasteiger charge is -2.20. The molecule has 8 nitrogen and oxygen atoms in total. The minimum absolute atomic E-state index is 0.234. The van der Waals surface area contributed by atoms with Gasteiger partial charge in [0.2, 0.25) is 0 Å². The predicted octanol–water partition coefficient (Wildman–Crippen LogP) is 7.15. The number of carboxylic acid groups (broad SMARTS) is 1. The molecule has 0 bridgehead atoms. The summed E-state index contributed by atoms with van der Waals surface area (Å²) in [5.41, 5.74) is 4.70. The number of carbonyl (C=O) groups excluding carboxylic acids is 2. The van der Waals surface area contributed by atoms with Crippen molar-refractivity contribution in [3.8, 4) is 21.7 Å². The molecule has 0 aliphatic carbocycles. The molecule has 1 saturated heterocycles. The number of ether oxygens (including phenoxy) is 1. The molecule has 0 radical (unpaired) electrons. The van der Waals surface area contributed by atoms with Gasteiger partial charge in [-0.15, -0.1) is 22.7 Å². The van der Waals surface area contributed by atoms with E-state index in [0.717, 1.165) is 57.5 Å². The molecule has 6 heterocycles. The summed E-state index contributed by atoms with van der Waals surface area (Å²) in [5, 5.41) is 8.97. The highest BCUT2D eigenvalue weighted by Gasteiger charge is 2.35. The van der Waals surface area contributed by atoms with Crippen LogP contribution in [-0.4, -0.2) is 56.6 Å². The lowest BCUT2D eigenvalue weighted by Crippen LogP contribution is -2.40. The van der Waals surface area contributed by atoms with E-state index in [1.54, 1.807) is 24.5 Å². The van der Waals surface area contributed by atoms with E-state index in [-0.39, 0.29) is 11.9 Å². The number of esters is 1. The predicted molar refractivity (Wildman–Crippen MR) is 161 cm³/mol. The highest BCUT2D eigenvalue weighted by molar-refractivity contribution is 7.19. The van der Waals surface area contributed by atoms with Crippen molar-refractivity contribution in [1.82, 2.24) is 14.5 Å². The van der Waals surface area contributed by atoms with Crippen molar-refractivity contribution >= 4 is 63.7 Å². The van der Waals surface area contributed by atoms with Crippen LogP contribution in [0.1, 0.15) is 51.9 Å². The highest BCUT2D eigenvalue weighted by Crippen LogP contribution is 2.45. The van der Waals surface area contributed by atoms with Crippen LogP contribution in [0.2, 0.25) is 8.67 Å². The number of rotatable bonds is 6. The minimum atomic E-state index is -0.937. The Morgan fingerprint density at radius 2 is 1.76 bits per heavy atom. The van der Waals surface area contributed by atoms with Gasteiger partial charge in [0.05, 0.1) is 36.3 Å². The van der Waals surface area contributed by atoms with Crippen molar-refractivity contribution in [3.63, 3.8) is 0 Å². The normalized spacial score (nSPS) is 15.8. The number of pyridine rings is 1. The molecule has 1 atom stereocenters. The van der Waals surface area contributed by atoms with Gasteiger partial charge in [-0.25, -0.2) is 9.59 Å². The zero-order valence-electron chi connectivity index (χ0n) is 22.1. The average Bonchev–Trinajstić information content (AvgIpc) is 3.78. The third kappa shape index (κ3) is 6.06. The van der Waals surface area contributed by atoms with Gasteiger partial charge in [-0.05, 0) is 74.6 Å². The lowest BCUT2D eigenvalue weighted by molar-refractivity contribution is -0.141. The first-order chi connectivity index (χ1) is 19.8. The molecule has 0 unspecified atom stereocenters. The molecule has 214 valence electrons. The first-order valence-corrected chi connectivity index (χ1v) is 15.6. The second kappa shape index (κ2) is 12.8. The van der Waals surface area contributed by atoms with Crippen molar-refractivity contribution in [3.05, 3.63) is 73.6 Å². The van der Waals surface area contributed by atoms with Gasteiger partial charge in [0.15, 0.2) is 0 Å². The van der Waals surface area contributed by atoms with E-state index in [9.17, 15) is 14.4 Å². The Hall–Kier alpha value is -3.18. The van der Waals surface area contributed by atoms with Gasteiger partial charge >= 0.3 is 11.9 Å². The number of carbonyl (C=O) groups is 3. The standard InChI is InChI=1S/C19H17ClN2O2S.C10H10ClNO3S/c1-2-24-19(23)17-13-4-3-11-22(13)18(14-5-6-15(20)25-14)16(17)12-7-9-21-10-8-12;11-8-4-3-7(16-8)9(13)12-5-1-2-6(12)10(14)15/h5-10H,2-4,11H2,1H3;3-4,6H,1-2,5H2,(H,14,15)/t;6-/m.0/s1. The zero-order valence-corrected chi connectivity index (χ0v) is 25.3. The summed E-state index contributed by atoms with van der Waals surface area (Å²) in [4.78, 5) is 42.8. The molecule has 0 aromatic carbocycles. The van der Waals surface area contributed by atoms with E-state index in [4.69, 9.17) is 33.0 Å². The van der Waals surface area contributed by atoms with Crippen molar-refractivity contribution in [2.45, 2.75) is 45.2 Å². The number of fused-ring (bicyclic) bond motifs is 1. The highest BCUT2D eigenvalue weighted by atomic mass is 35.5. The first-order valence-electron chi connectivity index (χ1n) is 13.2. The van der Waals surface area contributed by atoms with Crippen LogP contribution in [-0.2, 0) is 22.5 Å². The van der Waals surface area contributed by atoms with Crippen LogP contribution in [0.15, 0.2) is 48.8 Å². The van der Waals surface area contributed by atoms with E-state index in [0.29, 0.717) is 34.3 Å². The number of hydrogen-bond acceptors (Lipinski definition) is 7. The fourth-order valence-corrected chi connectivity index (χ4v) is 7.44. The fourth-order valence-electron chi connectivity index (χ4n) is 5.34. The molecular weight excluding hydrogens is 605 g/mol. The molecule has 0 spiro atoms. The third-order valence-electron chi connectivity index (χ3n) is 7.00. The smallest absolute Gasteiger partial charge is 0.340 e. The second-order valence-electron chi connectivity index (χ2n) is 9.46. The van der Waals surface area contributed by atoms with Gasteiger partial charge in [0, 0.05) is 36.7 Å². The van der Waals surface area contributed by atoms with E-state index < -0.39 is 12.0 Å². The molecule has 12 heteroatoms. The Kier molecular flexibility index (Phi) is 9.13. The van der Waals surface area contributed by atoms with Crippen LogP contribution in [0.5, 0.6) is 0 Å². The van der Waals surface area contributed by atoms with Crippen LogP contribution in [0.4, 0.5) is 0 Å². The van der Waals surface area contributed by atoms with Crippen LogP contribution in [0.25, 0.3) is 21.7 Å². The van der Waals surface area contributed by atoms with Crippen molar-refractivity contribution in [1.29, 1.82) is 0 Å². The number of thiophene rings is 2. The molecule has 1 fully saturated rings. The molecule has 4 aromatic rings. The molecule has 2 aliphatic rings. The topological polar surface area (TPSA) is 102 Å². The number of amides is 1. The first kappa shape index (κ1) is 29.3. The largest absolute Gasteiger partial charge is 0.480 e. The second-order valence-corrected chi connectivity index (χ2v) is 12.9. The maximum Gasteiger partial charge on any atom is 0.340 e. The lowest BCUT2D eigenvalue weighted by atomic mass is 9.99. The van der Waals surface area contributed by atoms with Crippen molar-refractivity contribution < 1.29 is 24.2 Å². The summed E-state index contributed by atoms with van der Waals surface area (Å²) in [6, 6.07) is 10.4. The van der Waals surface area contributed by atoms with Gasteiger partial charge in [0.25, 0.3) is 5.91 Å². The van der Waals surface area contributed by atoms with Crippen LogP contribution in [0.3, 0.4) is 0 Å². The number of carboxylic acids is 1. The maximum atomic E-state index is 12.8. The number of aromatic nitrogens is 2. The van der Waals surface area contributed by atoms with Gasteiger partial charge in [-0.2, -0.15) is 0 Å². The molecule has 41 heavy (non-hydrogen) atoms. The monoisotopic (exact) mass is 631 g/mol.